The normalized spacial score (nSPS) is 16.8. The Kier molecular flexibility index (Phi) is 6.40. The highest BCUT2D eigenvalue weighted by molar-refractivity contribution is 7.12. The Hall–Kier alpha value is -1.76. The third kappa shape index (κ3) is 3.98. The molecule has 5 nitrogen and oxygen atoms in total. The quantitative estimate of drug-likeness (QED) is 0.836. The minimum Gasteiger partial charge on any atom is -0.493 e. The van der Waals surface area contributed by atoms with Crippen LogP contribution in [0.15, 0.2) is 24.3 Å². The number of thiophene rings is 1. The molecule has 26 heavy (non-hydrogen) atoms. The lowest BCUT2D eigenvalue weighted by Crippen LogP contribution is -2.32. The van der Waals surface area contributed by atoms with Crippen LogP contribution in [0.25, 0.3) is 0 Å². The lowest BCUT2D eigenvalue weighted by Gasteiger charge is -2.31. The van der Waals surface area contributed by atoms with Crippen molar-refractivity contribution in [3.8, 4) is 17.2 Å². The third-order valence-corrected chi connectivity index (χ3v) is 5.83. The predicted octanol–water partition coefficient (Wildman–Crippen LogP) is 3.47. The largest absolute Gasteiger partial charge is 0.493 e. The summed E-state index contributed by atoms with van der Waals surface area (Å²) in [5.74, 6) is 2.04. The number of hydrogen-bond acceptors (Lipinski definition) is 6. The van der Waals surface area contributed by atoms with Gasteiger partial charge in [0.1, 0.15) is 0 Å². The number of nitrogens with one attached hydrogen (secondary N) is 1. The van der Waals surface area contributed by atoms with Crippen molar-refractivity contribution < 1.29 is 14.2 Å². The first-order valence-corrected chi connectivity index (χ1v) is 9.80. The van der Waals surface area contributed by atoms with Crippen LogP contribution in [0.5, 0.6) is 17.2 Å². The van der Waals surface area contributed by atoms with E-state index in [-0.39, 0.29) is 6.04 Å². The molecular formula is C20H28N2O3S. The fourth-order valence-electron chi connectivity index (χ4n) is 3.54. The lowest BCUT2D eigenvalue weighted by atomic mass is 10.0. The monoisotopic (exact) mass is 376 g/mol. The van der Waals surface area contributed by atoms with Gasteiger partial charge in [0.25, 0.3) is 0 Å². The molecule has 0 aliphatic carbocycles. The van der Waals surface area contributed by atoms with E-state index in [2.05, 4.69) is 41.4 Å². The molecule has 1 atom stereocenters. The maximum Gasteiger partial charge on any atom is 0.203 e. The Balaban J connectivity index is 2.08. The molecule has 1 fully saturated rings. The van der Waals surface area contributed by atoms with Crippen molar-refractivity contribution in [2.75, 3.05) is 47.5 Å². The maximum absolute atomic E-state index is 5.59. The van der Waals surface area contributed by atoms with Crippen molar-refractivity contribution in [1.29, 1.82) is 0 Å². The zero-order valence-corrected chi connectivity index (χ0v) is 16.8. The van der Waals surface area contributed by atoms with Gasteiger partial charge in [0, 0.05) is 29.4 Å². The molecule has 1 N–H and O–H groups in total. The van der Waals surface area contributed by atoms with Gasteiger partial charge in [-0.1, -0.05) is 0 Å². The molecule has 1 aliphatic heterocycles. The summed E-state index contributed by atoms with van der Waals surface area (Å²) in [5, 5.41) is 3.50. The molecule has 0 bridgehead atoms. The summed E-state index contributed by atoms with van der Waals surface area (Å²) in [5.41, 5.74) is 1.17. The minimum atomic E-state index is 0.183. The summed E-state index contributed by atoms with van der Waals surface area (Å²) in [4.78, 5) is 5.22. The van der Waals surface area contributed by atoms with E-state index >= 15 is 0 Å². The molecule has 6 heteroatoms. The highest BCUT2D eigenvalue weighted by Crippen LogP contribution is 2.43. The third-order valence-electron chi connectivity index (χ3n) is 4.77. The van der Waals surface area contributed by atoms with Crippen molar-refractivity contribution in [1.82, 2.24) is 10.2 Å². The van der Waals surface area contributed by atoms with Crippen LogP contribution < -0.4 is 19.5 Å². The van der Waals surface area contributed by atoms with Gasteiger partial charge in [-0.25, -0.2) is 0 Å². The Morgan fingerprint density at radius 2 is 1.73 bits per heavy atom. The molecule has 2 aromatic rings. The van der Waals surface area contributed by atoms with Crippen LogP contribution in [-0.2, 0) is 0 Å². The van der Waals surface area contributed by atoms with E-state index in [9.17, 15) is 0 Å². The van der Waals surface area contributed by atoms with Crippen LogP contribution in [-0.4, -0.2) is 52.4 Å². The molecule has 1 unspecified atom stereocenters. The molecule has 0 radical (unpaired) electrons. The smallest absolute Gasteiger partial charge is 0.203 e. The van der Waals surface area contributed by atoms with E-state index in [1.807, 2.05) is 11.3 Å². The predicted molar refractivity (Wildman–Crippen MR) is 106 cm³/mol. The number of hydrogen-bond donors (Lipinski definition) is 1. The maximum atomic E-state index is 5.59. The summed E-state index contributed by atoms with van der Waals surface area (Å²) < 4.78 is 16.7. The summed E-state index contributed by atoms with van der Waals surface area (Å²) >= 11 is 1.85. The second-order valence-electron chi connectivity index (χ2n) is 6.45. The molecule has 1 aromatic carbocycles. The Morgan fingerprint density at radius 1 is 1.00 bits per heavy atom. The molecule has 1 aliphatic rings. The summed E-state index contributed by atoms with van der Waals surface area (Å²) in [7, 11) is 4.98. The second kappa shape index (κ2) is 8.75. The standard InChI is InChI=1S/C20H28N2O3S/c1-14-6-7-18(26-14)19(22-10-5-8-21-9-11-22)15-12-16(23-2)20(25-4)17(13-15)24-3/h6-7,12-13,19,21H,5,8-11H2,1-4H3. The average Bonchev–Trinajstić information content (AvgIpc) is 2.91. The zero-order valence-electron chi connectivity index (χ0n) is 16.0. The Morgan fingerprint density at radius 3 is 2.31 bits per heavy atom. The van der Waals surface area contributed by atoms with Crippen molar-refractivity contribution in [2.45, 2.75) is 19.4 Å². The first kappa shape index (κ1) is 19.0. The van der Waals surface area contributed by atoms with E-state index < -0.39 is 0 Å². The lowest BCUT2D eigenvalue weighted by molar-refractivity contribution is 0.242. The van der Waals surface area contributed by atoms with E-state index in [0.717, 1.165) is 32.6 Å². The number of nitrogens with zero attached hydrogens (tertiary/aromatic N) is 1. The van der Waals surface area contributed by atoms with Crippen LogP contribution in [0.3, 0.4) is 0 Å². The molecule has 1 aromatic heterocycles. The summed E-state index contributed by atoms with van der Waals surface area (Å²) in [6.07, 6.45) is 1.14. The van der Waals surface area contributed by atoms with Gasteiger partial charge in [-0.3, -0.25) is 4.90 Å². The summed E-state index contributed by atoms with van der Waals surface area (Å²) in [6, 6.07) is 8.79. The van der Waals surface area contributed by atoms with E-state index in [1.165, 1.54) is 15.3 Å². The highest BCUT2D eigenvalue weighted by Gasteiger charge is 2.27. The van der Waals surface area contributed by atoms with Gasteiger partial charge in [0.15, 0.2) is 11.5 Å². The van der Waals surface area contributed by atoms with E-state index in [4.69, 9.17) is 14.2 Å². The van der Waals surface area contributed by atoms with E-state index in [0.29, 0.717) is 17.2 Å². The second-order valence-corrected chi connectivity index (χ2v) is 7.77. The molecular weight excluding hydrogens is 348 g/mol. The molecule has 0 saturated carbocycles. The topological polar surface area (TPSA) is 43.0 Å². The Bertz CT molecular complexity index is 699. The van der Waals surface area contributed by atoms with Gasteiger partial charge >= 0.3 is 0 Å². The van der Waals surface area contributed by atoms with Crippen molar-refractivity contribution in [3.05, 3.63) is 39.6 Å². The zero-order chi connectivity index (χ0) is 18.5. The van der Waals surface area contributed by atoms with Crippen LogP contribution >= 0.6 is 11.3 Å². The van der Waals surface area contributed by atoms with Gasteiger partial charge in [0.2, 0.25) is 5.75 Å². The van der Waals surface area contributed by atoms with Crippen LogP contribution in [0.4, 0.5) is 0 Å². The Labute approximate surface area is 159 Å². The molecule has 0 spiro atoms. The summed E-state index contributed by atoms with van der Waals surface area (Å²) in [6.45, 7) is 6.31. The number of benzene rings is 1. The van der Waals surface area contributed by atoms with Gasteiger partial charge < -0.3 is 19.5 Å². The van der Waals surface area contributed by atoms with Crippen molar-refractivity contribution >= 4 is 11.3 Å². The molecule has 1 saturated heterocycles. The number of rotatable bonds is 6. The molecule has 2 heterocycles. The fourth-order valence-corrected chi connectivity index (χ4v) is 4.58. The number of aryl methyl sites for hydroxylation is 1. The highest BCUT2D eigenvalue weighted by atomic mass is 32.1. The van der Waals surface area contributed by atoms with Gasteiger partial charge in [0.05, 0.1) is 27.4 Å². The van der Waals surface area contributed by atoms with Crippen LogP contribution in [0.2, 0.25) is 0 Å². The van der Waals surface area contributed by atoms with Gasteiger partial charge in [-0.05, 0) is 49.7 Å². The van der Waals surface area contributed by atoms with Gasteiger partial charge in [-0.2, -0.15) is 0 Å². The fraction of sp³-hybridized carbons (Fsp3) is 0.500. The van der Waals surface area contributed by atoms with Crippen LogP contribution in [0.1, 0.15) is 27.8 Å². The number of ether oxygens (including phenoxy) is 3. The number of methoxy groups -OCH3 is 3. The van der Waals surface area contributed by atoms with Crippen molar-refractivity contribution in [2.24, 2.45) is 0 Å². The van der Waals surface area contributed by atoms with Gasteiger partial charge in [-0.15, -0.1) is 11.3 Å². The van der Waals surface area contributed by atoms with Crippen LogP contribution in [0, 0.1) is 6.92 Å². The van der Waals surface area contributed by atoms with E-state index in [1.54, 1.807) is 21.3 Å². The minimum absolute atomic E-state index is 0.183. The first-order chi connectivity index (χ1) is 12.7. The SMILES string of the molecule is COc1cc(C(c2ccc(C)s2)N2CCCNCC2)cc(OC)c1OC. The average molecular weight is 377 g/mol. The first-order valence-electron chi connectivity index (χ1n) is 8.99. The molecule has 142 valence electrons. The van der Waals surface area contributed by atoms with Crippen molar-refractivity contribution in [3.63, 3.8) is 0 Å². The molecule has 3 rings (SSSR count). The molecule has 0 amide bonds.